The van der Waals surface area contributed by atoms with Gasteiger partial charge < -0.3 is 19.4 Å². The summed E-state index contributed by atoms with van der Waals surface area (Å²) in [6.45, 7) is 2.45. The largest absolute Gasteiger partial charge is 0.495 e. The Morgan fingerprint density at radius 3 is 2.96 bits per heavy atom. The van der Waals surface area contributed by atoms with Crippen molar-refractivity contribution in [2.45, 2.75) is 6.42 Å². The highest BCUT2D eigenvalue weighted by molar-refractivity contribution is 6.29. The number of nitrogens with one attached hydrogen (secondary N) is 1. The molecule has 0 spiro atoms. The number of benzene rings is 1. The molecular weight excluding hydrogens is 316 g/mol. The number of carbonyl (C=O) groups is 1. The van der Waals surface area contributed by atoms with Gasteiger partial charge in [-0.3, -0.25) is 4.79 Å². The van der Waals surface area contributed by atoms with Gasteiger partial charge in [-0.05, 0) is 48.2 Å². The van der Waals surface area contributed by atoms with Gasteiger partial charge in [0.1, 0.15) is 5.75 Å². The standard InChI is InChI=1S/C17H19ClN2O3/c1-22-14-5-3-2-4-13(14)20-9-8-12(11-20)10-19-17(21)15-6-7-16(18)23-15/h2-7,12H,8-11H2,1H3,(H,19,21)/t12-/m0/s1. The van der Waals surface area contributed by atoms with Gasteiger partial charge in [0.25, 0.3) is 5.91 Å². The molecule has 122 valence electrons. The van der Waals surface area contributed by atoms with Gasteiger partial charge in [0.05, 0.1) is 12.8 Å². The smallest absolute Gasteiger partial charge is 0.287 e. The Hall–Kier alpha value is -2.14. The van der Waals surface area contributed by atoms with Crippen molar-refractivity contribution in [3.8, 4) is 5.75 Å². The molecule has 0 aliphatic carbocycles. The van der Waals surface area contributed by atoms with Crippen LogP contribution in [0.15, 0.2) is 40.8 Å². The first kappa shape index (κ1) is 15.7. The fourth-order valence-corrected chi connectivity index (χ4v) is 3.02. The number of para-hydroxylation sites is 2. The maximum absolute atomic E-state index is 12.0. The van der Waals surface area contributed by atoms with Gasteiger partial charge in [0.15, 0.2) is 11.0 Å². The summed E-state index contributed by atoms with van der Waals surface area (Å²) in [5.74, 6) is 1.29. The summed E-state index contributed by atoms with van der Waals surface area (Å²) in [6, 6.07) is 11.1. The molecule has 0 unspecified atom stereocenters. The van der Waals surface area contributed by atoms with Crippen LogP contribution in [0.2, 0.25) is 5.22 Å². The number of nitrogens with zero attached hydrogens (tertiary/aromatic N) is 1. The van der Waals surface area contributed by atoms with E-state index in [0.29, 0.717) is 12.5 Å². The molecule has 1 aromatic carbocycles. The highest BCUT2D eigenvalue weighted by Crippen LogP contribution is 2.31. The number of rotatable bonds is 5. The van der Waals surface area contributed by atoms with E-state index < -0.39 is 0 Å². The molecule has 1 aliphatic heterocycles. The second-order valence-corrected chi connectivity index (χ2v) is 5.96. The second kappa shape index (κ2) is 6.96. The molecule has 1 N–H and O–H groups in total. The van der Waals surface area contributed by atoms with E-state index in [0.717, 1.165) is 30.9 Å². The summed E-state index contributed by atoms with van der Waals surface area (Å²) in [5, 5.41) is 3.13. The molecule has 23 heavy (non-hydrogen) atoms. The van der Waals surface area contributed by atoms with Crippen LogP contribution in [0, 0.1) is 5.92 Å². The lowest BCUT2D eigenvalue weighted by Crippen LogP contribution is -2.30. The minimum atomic E-state index is -0.229. The van der Waals surface area contributed by atoms with Gasteiger partial charge in [0.2, 0.25) is 0 Å². The Labute approximate surface area is 140 Å². The quantitative estimate of drug-likeness (QED) is 0.912. The first-order valence-electron chi connectivity index (χ1n) is 7.59. The van der Waals surface area contributed by atoms with Crippen molar-refractivity contribution < 1.29 is 13.9 Å². The number of anilines is 1. The highest BCUT2D eigenvalue weighted by atomic mass is 35.5. The monoisotopic (exact) mass is 334 g/mol. The molecule has 1 atom stereocenters. The van der Waals surface area contributed by atoms with E-state index in [1.807, 2.05) is 18.2 Å². The van der Waals surface area contributed by atoms with Crippen LogP contribution >= 0.6 is 11.6 Å². The molecule has 6 heteroatoms. The number of carbonyl (C=O) groups excluding carboxylic acids is 1. The Morgan fingerprint density at radius 2 is 2.22 bits per heavy atom. The molecule has 1 saturated heterocycles. The van der Waals surface area contributed by atoms with Crippen molar-refractivity contribution in [2.24, 2.45) is 5.92 Å². The van der Waals surface area contributed by atoms with Crippen LogP contribution in [0.1, 0.15) is 17.0 Å². The van der Waals surface area contributed by atoms with Gasteiger partial charge in [-0.2, -0.15) is 0 Å². The number of hydrogen-bond acceptors (Lipinski definition) is 4. The second-order valence-electron chi connectivity index (χ2n) is 5.59. The van der Waals surface area contributed by atoms with Crippen LogP contribution in [0.25, 0.3) is 0 Å². The van der Waals surface area contributed by atoms with E-state index in [2.05, 4.69) is 16.3 Å². The molecule has 1 aromatic heterocycles. The van der Waals surface area contributed by atoms with Crippen LogP contribution in [0.5, 0.6) is 5.75 Å². The minimum Gasteiger partial charge on any atom is -0.495 e. The molecule has 0 radical (unpaired) electrons. The highest BCUT2D eigenvalue weighted by Gasteiger charge is 2.25. The van der Waals surface area contributed by atoms with Crippen molar-refractivity contribution in [3.05, 3.63) is 47.4 Å². The van der Waals surface area contributed by atoms with Crippen molar-refractivity contribution in [3.63, 3.8) is 0 Å². The lowest BCUT2D eigenvalue weighted by molar-refractivity contribution is 0.0920. The van der Waals surface area contributed by atoms with E-state index in [9.17, 15) is 4.79 Å². The molecule has 3 rings (SSSR count). The van der Waals surface area contributed by atoms with E-state index in [-0.39, 0.29) is 16.9 Å². The van der Waals surface area contributed by atoms with Gasteiger partial charge in [0, 0.05) is 19.6 Å². The molecule has 2 aromatic rings. The zero-order valence-electron chi connectivity index (χ0n) is 12.9. The predicted molar refractivity (Wildman–Crippen MR) is 89.4 cm³/mol. The number of furan rings is 1. The average molecular weight is 335 g/mol. The average Bonchev–Trinajstić information content (AvgIpc) is 3.21. The summed E-state index contributed by atoms with van der Waals surface area (Å²) in [4.78, 5) is 14.3. The Bertz CT molecular complexity index is 686. The van der Waals surface area contributed by atoms with Crippen LogP contribution in [0.4, 0.5) is 5.69 Å². The third-order valence-corrected chi connectivity index (χ3v) is 4.26. The molecule has 1 aliphatic rings. The molecule has 2 heterocycles. The van der Waals surface area contributed by atoms with Gasteiger partial charge in [-0.1, -0.05) is 12.1 Å². The third-order valence-electron chi connectivity index (χ3n) is 4.06. The molecule has 5 nitrogen and oxygen atoms in total. The molecule has 0 bridgehead atoms. The molecular formula is C17H19ClN2O3. The Balaban J connectivity index is 1.55. The van der Waals surface area contributed by atoms with Crippen LogP contribution < -0.4 is 15.0 Å². The van der Waals surface area contributed by atoms with E-state index in [4.69, 9.17) is 20.8 Å². The zero-order valence-corrected chi connectivity index (χ0v) is 13.7. The number of halogens is 1. The molecule has 1 fully saturated rings. The van der Waals surface area contributed by atoms with Gasteiger partial charge >= 0.3 is 0 Å². The summed E-state index contributed by atoms with van der Waals surface area (Å²) in [5.41, 5.74) is 1.10. The SMILES string of the molecule is COc1ccccc1N1CC[C@@H](CNC(=O)c2ccc(Cl)o2)C1. The van der Waals surface area contributed by atoms with Gasteiger partial charge in [-0.25, -0.2) is 0 Å². The summed E-state index contributed by atoms with van der Waals surface area (Å²) in [6.07, 6.45) is 1.03. The van der Waals surface area contributed by atoms with Crippen LogP contribution in [-0.4, -0.2) is 32.7 Å². The van der Waals surface area contributed by atoms with Crippen molar-refractivity contribution in [1.29, 1.82) is 0 Å². The van der Waals surface area contributed by atoms with Crippen LogP contribution in [0.3, 0.4) is 0 Å². The third kappa shape index (κ3) is 3.62. The maximum Gasteiger partial charge on any atom is 0.287 e. The zero-order chi connectivity index (χ0) is 16.2. The summed E-state index contributed by atoms with van der Waals surface area (Å²) >= 11 is 5.68. The van der Waals surface area contributed by atoms with Crippen molar-refractivity contribution in [2.75, 3.05) is 31.6 Å². The molecule has 0 saturated carbocycles. The van der Waals surface area contributed by atoms with E-state index in [1.165, 1.54) is 0 Å². The lowest BCUT2D eigenvalue weighted by Gasteiger charge is -2.21. The minimum absolute atomic E-state index is 0.221. The predicted octanol–water partition coefficient (Wildman–Crippen LogP) is 3.20. The number of hydrogen-bond donors (Lipinski definition) is 1. The normalized spacial score (nSPS) is 17.3. The lowest BCUT2D eigenvalue weighted by atomic mass is 10.1. The van der Waals surface area contributed by atoms with E-state index >= 15 is 0 Å². The Kier molecular flexibility index (Phi) is 4.76. The molecule has 1 amide bonds. The first-order chi connectivity index (χ1) is 11.2. The first-order valence-corrected chi connectivity index (χ1v) is 7.96. The topological polar surface area (TPSA) is 54.7 Å². The number of ether oxygens (including phenoxy) is 1. The van der Waals surface area contributed by atoms with Crippen molar-refractivity contribution in [1.82, 2.24) is 5.32 Å². The van der Waals surface area contributed by atoms with Crippen molar-refractivity contribution >= 4 is 23.2 Å². The fraction of sp³-hybridized carbons (Fsp3) is 0.353. The summed E-state index contributed by atoms with van der Waals surface area (Å²) in [7, 11) is 1.68. The van der Waals surface area contributed by atoms with Crippen LogP contribution in [-0.2, 0) is 0 Å². The van der Waals surface area contributed by atoms with Gasteiger partial charge in [-0.15, -0.1) is 0 Å². The number of methoxy groups -OCH3 is 1. The Morgan fingerprint density at radius 1 is 1.39 bits per heavy atom. The summed E-state index contributed by atoms with van der Waals surface area (Å²) < 4.78 is 10.5. The number of amides is 1. The van der Waals surface area contributed by atoms with E-state index in [1.54, 1.807) is 19.2 Å². The maximum atomic E-state index is 12.0. The fourth-order valence-electron chi connectivity index (χ4n) is 2.87.